The Hall–Kier alpha value is -3.03. The number of furan rings is 1. The van der Waals surface area contributed by atoms with E-state index in [0.717, 1.165) is 25.0 Å². The minimum Gasteiger partial charge on any atom is -0.442 e. The topological polar surface area (TPSA) is 97.0 Å². The van der Waals surface area contributed by atoms with Crippen molar-refractivity contribution in [3.8, 4) is 0 Å². The lowest BCUT2D eigenvalue weighted by molar-refractivity contribution is 0.0731. The number of carbonyl (C=O) groups is 1. The van der Waals surface area contributed by atoms with Crippen LogP contribution in [0.4, 0.5) is 5.82 Å². The van der Waals surface area contributed by atoms with E-state index in [4.69, 9.17) is 4.42 Å². The molecule has 3 aromatic heterocycles. The van der Waals surface area contributed by atoms with Crippen LogP contribution < -0.4 is 5.32 Å². The standard InChI is InChI=1S/C22H24N6O2/c1-12-16(17-19(27-22(2)6-7-22)25-11-26-20(17)30-12)21(29)28-8-5-14-15(9-28)23-10-24-18(14)13-3-4-13/h10-11,13H,3-9H2,1-2H3,(H,25,26,27). The molecule has 0 spiro atoms. The third-order valence-corrected chi connectivity index (χ3v) is 6.59. The molecule has 2 fully saturated rings. The van der Waals surface area contributed by atoms with Crippen molar-refractivity contribution in [2.24, 2.45) is 0 Å². The molecule has 1 amide bonds. The first kappa shape index (κ1) is 17.8. The fourth-order valence-corrected chi connectivity index (χ4v) is 4.41. The molecule has 3 aliphatic rings. The number of fused-ring (bicyclic) bond motifs is 2. The number of carbonyl (C=O) groups excluding carboxylic acids is 1. The smallest absolute Gasteiger partial charge is 0.258 e. The second-order valence-electron chi connectivity index (χ2n) is 9.06. The third kappa shape index (κ3) is 2.85. The van der Waals surface area contributed by atoms with Crippen LogP contribution in [0.25, 0.3) is 11.1 Å². The minimum atomic E-state index is -0.0534. The quantitative estimate of drug-likeness (QED) is 0.712. The second-order valence-corrected chi connectivity index (χ2v) is 9.06. The van der Waals surface area contributed by atoms with Gasteiger partial charge >= 0.3 is 0 Å². The van der Waals surface area contributed by atoms with Crippen molar-refractivity contribution in [3.05, 3.63) is 40.9 Å². The van der Waals surface area contributed by atoms with E-state index in [1.807, 2.05) is 11.8 Å². The van der Waals surface area contributed by atoms with E-state index in [9.17, 15) is 4.79 Å². The van der Waals surface area contributed by atoms with Gasteiger partial charge in [-0.2, -0.15) is 0 Å². The van der Waals surface area contributed by atoms with Crippen LogP contribution in [-0.2, 0) is 13.0 Å². The Bertz CT molecular complexity index is 1180. The number of hydrogen-bond donors (Lipinski definition) is 1. The highest BCUT2D eigenvalue weighted by Gasteiger charge is 2.39. The number of rotatable bonds is 4. The summed E-state index contributed by atoms with van der Waals surface area (Å²) in [5.41, 5.74) is 4.44. The molecule has 2 aliphatic carbocycles. The van der Waals surface area contributed by atoms with Crippen molar-refractivity contribution in [1.82, 2.24) is 24.8 Å². The van der Waals surface area contributed by atoms with Crippen LogP contribution in [0.2, 0.25) is 0 Å². The Morgan fingerprint density at radius 3 is 2.77 bits per heavy atom. The van der Waals surface area contributed by atoms with Gasteiger partial charge in [0, 0.05) is 18.0 Å². The molecule has 1 aliphatic heterocycles. The molecule has 30 heavy (non-hydrogen) atoms. The fourth-order valence-electron chi connectivity index (χ4n) is 4.41. The molecule has 0 aromatic carbocycles. The monoisotopic (exact) mass is 404 g/mol. The first-order valence-corrected chi connectivity index (χ1v) is 10.7. The summed E-state index contributed by atoms with van der Waals surface area (Å²) in [6, 6.07) is 0. The van der Waals surface area contributed by atoms with E-state index < -0.39 is 0 Å². The van der Waals surface area contributed by atoms with Gasteiger partial charge in [0.1, 0.15) is 24.2 Å². The van der Waals surface area contributed by atoms with Gasteiger partial charge < -0.3 is 14.6 Å². The summed E-state index contributed by atoms with van der Waals surface area (Å²) in [4.78, 5) is 33.2. The maximum atomic E-state index is 13.6. The van der Waals surface area contributed by atoms with E-state index in [2.05, 4.69) is 32.2 Å². The summed E-state index contributed by atoms with van der Waals surface area (Å²) in [7, 11) is 0. The summed E-state index contributed by atoms with van der Waals surface area (Å²) < 4.78 is 5.85. The number of amides is 1. The van der Waals surface area contributed by atoms with Crippen molar-refractivity contribution in [2.45, 2.75) is 64.0 Å². The number of anilines is 1. The number of nitrogens with zero attached hydrogens (tertiary/aromatic N) is 5. The molecular formula is C22H24N6O2. The van der Waals surface area contributed by atoms with Gasteiger partial charge in [-0.15, -0.1) is 0 Å². The molecular weight excluding hydrogens is 380 g/mol. The Balaban J connectivity index is 1.36. The molecule has 0 saturated heterocycles. The number of aryl methyl sites for hydroxylation is 1. The highest BCUT2D eigenvalue weighted by Crippen LogP contribution is 2.42. The van der Waals surface area contributed by atoms with Crippen LogP contribution >= 0.6 is 0 Å². The molecule has 154 valence electrons. The minimum absolute atomic E-state index is 0.0347. The molecule has 4 heterocycles. The van der Waals surface area contributed by atoms with Crippen molar-refractivity contribution >= 4 is 22.8 Å². The van der Waals surface area contributed by atoms with Crippen LogP contribution in [0.1, 0.15) is 71.6 Å². The average Bonchev–Trinajstić information content (AvgIpc) is 3.66. The lowest BCUT2D eigenvalue weighted by atomic mass is 9.99. The van der Waals surface area contributed by atoms with Crippen LogP contribution in [0.15, 0.2) is 17.1 Å². The lowest BCUT2D eigenvalue weighted by Gasteiger charge is -2.29. The van der Waals surface area contributed by atoms with Crippen LogP contribution in [-0.4, -0.2) is 42.8 Å². The van der Waals surface area contributed by atoms with Gasteiger partial charge in [0.05, 0.1) is 28.9 Å². The first-order chi connectivity index (χ1) is 14.5. The lowest BCUT2D eigenvalue weighted by Crippen LogP contribution is -2.37. The molecule has 0 radical (unpaired) electrons. The maximum absolute atomic E-state index is 13.6. The molecule has 8 nitrogen and oxygen atoms in total. The third-order valence-electron chi connectivity index (χ3n) is 6.59. The molecule has 1 N–H and O–H groups in total. The van der Waals surface area contributed by atoms with Crippen LogP contribution in [0.5, 0.6) is 0 Å². The molecule has 8 heteroatoms. The van der Waals surface area contributed by atoms with E-state index in [-0.39, 0.29) is 11.4 Å². The van der Waals surface area contributed by atoms with Gasteiger partial charge in [-0.05, 0) is 51.5 Å². The van der Waals surface area contributed by atoms with Crippen molar-refractivity contribution in [3.63, 3.8) is 0 Å². The zero-order valence-electron chi connectivity index (χ0n) is 17.2. The van der Waals surface area contributed by atoms with E-state index in [1.54, 1.807) is 6.33 Å². The van der Waals surface area contributed by atoms with Gasteiger partial charge in [-0.25, -0.2) is 19.9 Å². The summed E-state index contributed by atoms with van der Waals surface area (Å²) in [5, 5.41) is 4.17. The van der Waals surface area contributed by atoms with Crippen LogP contribution in [0, 0.1) is 6.92 Å². The molecule has 0 bridgehead atoms. The molecule has 6 rings (SSSR count). The summed E-state index contributed by atoms with van der Waals surface area (Å²) >= 11 is 0. The maximum Gasteiger partial charge on any atom is 0.258 e. The molecule has 3 aromatic rings. The predicted octanol–water partition coefficient (Wildman–Crippen LogP) is 3.36. The van der Waals surface area contributed by atoms with Crippen molar-refractivity contribution in [2.75, 3.05) is 11.9 Å². The molecule has 0 atom stereocenters. The highest BCUT2D eigenvalue weighted by atomic mass is 16.3. The SMILES string of the molecule is Cc1oc2ncnc(NC3(C)CC3)c2c1C(=O)N1CCc2c(ncnc2C2CC2)C1. The largest absolute Gasteiger partial charge is 0.442 e. The Morgan fingerprint density at radius 2 is 2.00 bits per heavy atom. The number of hydrogen-bond acceptors (Lipinski definition) is 7. The zero-order chi connectivity index (χ0) is 20.5. The van der Waals surface area contributed by atoms with Gasteiger partial charge in [-0.1, -0.05) is 0 Å². The fraction of sp³-hybridized carbons (Fsp3) is 0.500. The zero-order valence-corrected chi connectivity index (χ0v) is 17.2. The van der Waals surface area contributed by atoms with Crippen LogP contribution in [0.3, 0.4) is 0 Å². The first-order valence-electron chi connectivity index (χ1n) is 10.7. The summed E-state index contributed by atoms with van der Waals surface area (Å²) in [5.74, 6) is 1.78. The normalized spacial score (nSPS) is 19.6. The van der Waals surface area contributed by atoms with Crippen molar-refractivity contribution < 1.29 is 9.21 Å². The molecule has 2 saturated carbocycles. The van der Waals surface area contributed by atoms with Gasteiger partial charge in [0.15, 0.2) is 0 Å². The Kier molecular flexibility index (Phi) is 3.70. The van der Waals surface area contributed by atoms with Gasteiger partial charge in [0.2, 0.25) is 5.71 Å². The molecule has 0 unspecified atom stereocenters. The number of aromatic nitrogens is 4. The Morgan fingerprint density at radius 1 is 1.20 bits per heavy atom. The Labute approximate surface area is 174 Å². The van der Waals surface area contributed by atoms with E-state index in [0.29, 0.717) is 47.2 Å². The van der Waals surface area contributed by atoms with E-state index >= 15 is 0 Å². The highest BCUT2D eigenvalue weighted by molar-refractivity contribution is 6.10. The number of nitrogens with one attached hydrogen (secondary N) is 1. The summed E-state index contributed by atoms with van der Waals surface area (Å²) in [6.07, 6.45) is 8.52. The average molecular weight is 404 g/mol. The van der Waals surface area contributed by atoms with E-state index in [1.165, 1.54) is 30.4 Å². The summed E-state index contributed by atoms with van der Waals surface area (Å²) in [6.45, 7) is 5.13. The van der Waals surface area contributed by atoms with Crippen molar-refractivity contribution in [1.29, 1.82) is 0 Å². The van der Waals surface area contributed by atoms with Gasteiger partial charge in [0.25, 0.3) is 5.91 Å². The predicted molar refractivity (Wildman–Crippen MR) is 110 cm³/mol. The second kappa shape index (κ2) is 6.23. The van der Waals surface area contributed by atoms with Gasteiger partial charge in [-0.3, -0.25) is 4.79 Å².